The molecule has 7 nitrogen and oxygen atoms in total. The quantitative estimate of drug-likeness (QED) is 0.547. The zero-order valence-electron chi connectivity index (χ0n) is 15.5. The van der Waals surface area contributed by atoms with Gasteiger partial charge in [0.15, 0.2) is 11.6 Å². The molecule has 1 N–H and O–H groups in total. The molecule has 152 valence electrons. The van der Waals surface area contributed by atoms with Crippen LogP contribution in [-0.4, -0.2) is 15.0 Å². The van der Waals surface area contributed by atoms with Crippen molar-refractivity contribution in [3.05, 3.63) is 99.1 Å². The highest BCUT2D eigenvalue weighted by Gasteiger charge is 2.16. The molecule has 30 heavy (non-hydrogen) atoms. The first-order valence-corrected chi connectivity index (χ1v) is 8.93. The topological polar surface area (TPSA) is 86.2 Å². The number of para-hydroxylation sites is 1. The maximum atomic E-state index is 13.4. The highest BCUT2D eigenvalue weighted by molar-refractivity contribution is 5.91. The third kappa shape index (κ3) is 3.64. The van der Waals surface area contributed by atoms with Crippen molar-refractivity contribution in [3.63, 3.8) is 0 Å². The Balaban J connectivity index is 1.73. The lowest BCUT2D eigenvalue weighted by molar-refractivity contribution is -0.116. The van der Waals surface area contributed by atoms with Crippen LogP contribution < -0.4 is 16.6 Å². The number of anilines is 1. The number of hydrogen-bond donors (Lipinski definition) is 1. The molecule has 4 aromatic rings. The number of hydrogen-bond acceptors (Lipinski definition) is 4. The second kappa shape index (κ2) is 7.78. The molecule has 2 heterocycles. The van der Waals surface area contributed by atoms with Crippen molar-refractivity contribution in [2.75, 3.05) is 5.32 Å². The lowest BCUT2D eigenvalue weighted by Gasteiger charge is -2.13. The van der Waals surface area contributed by atoms with Crippen molar-refractivity contribution in [2.24, 2.45) is 0 Å². The molecule has 0 saturated carbocycles. The third-order valence-corrected chi connectivity index (χ3v) is 4.53. The molecule has 9 heteroatoms. The summed E-state index contributed by atoms with van der Waals surface area (Å²) in [6.45, 7) is -0.531. The molecule has 0 spiro atoms. The zero-order valence-corrected chi connectivity index (χ0v) is 15.5. The molecule has 0 atom stereocenters. The first kappa shape index (κ1) is 19.3. The molecule has 2 aromatic heterocycles. The number of halogens is 2. The van der Waals surface area contributed by atoms with Crippen LogP contribution in [0.1, 0.15) is 5.76 Å². The van der Waals surface area contributed by atoms with Gasteiger partial charge in [0.05, 0.1) is 23.7 Å². The van der Waals surface area contributed by atoms with Crippen LogP contribution in [0.4, 0.5) is 14.5 Å². The van der Waals surface area contributed by atoms with Gasteiger partial charge in [0.1, 0.15) is 12.3 Å². The number of carbonyl (C=O) groups excluding carboxylic acids is 1. The summed E-state index contributed by atoms with van der Waals surface area (Å²) in [5, 5.41) is 2.67. The number of furan rings is 1. The van der Waals surface area contributed by atoms with Crippen molar-refractivity contribution in [1.82, 2.24) is 9.13 Å². The number of benzene rings is 2. The van der Waals surface area contributed by atoms with Gasteiger partial charge in [-0.3, -0.25) is 18.7 Å². The van der Waals surface area contributed by atoms with Gasteiger partial charge in [0, 0.05) is 11.8 Å². The average Bonchev–Trinajstić information content (AvgIpc) is 3.24. The molecule has 0 aliphatic carbocycles. The van der Waals surface area contributed by atoms with E-state index >= 15 is 0 Å². The van der Waals surface area contributed by atoms with Gasteiger partial charge in [-0.1, -0.05) is 12.1 Å². The average molecular weight is 411 g/mol. The van der Waals surface area contributed by atoms with Crippen LogP contribution in [0.25, 0.3) is 10.9 Å². The van der Waals surface area contributed by atoms with E-state index < -0.39 is 35.3 Å². The molecule has 0 bridgehead atoms. The summed E-state index contributed by atoms with van der Waals surface area (Å²) in [4.78, 5) is 38.3. The molecule has 0 unspecified atom stereocenters. The minimum atomic E-state index is -1.11. The van der Waals surface area contributed by atoms with E-state index in [9.17, 15) is 23.2 Å². The van der Waals surface area contributed by atoms with E-state index in [0.29, 0.717) is 5.76 Å². The summed E-state index contributed by atoms with van der Waals surface area (Å²) in [5.41, 5.74) is -0.886. The van der Waals surface area contributed by atoms with E-state index in [0.717, 1.165) is 21.3 Å². The Morgan fingerprint density at radius 1 is 0.967 bits per heavy atom. The van der Waals surface area contributed by atoms with Crippen LogP contribution in [0, 0.1) is 11.6 Å². The largest absolute Gasteiger partial charge is 0.467 e. The molecule has 0 aliphatic rings. The molecule has 1 amide bonds. The molecule has 2 aromatic carbocycles. The molecular formula is C21H15F2N3O4. The van der Waals surface area contributed by atoms with Crippen LogP contribution >= 0.6 is 0 Å². The zero-order chi connectivity index (χ0) is 21.3. The number of nitrogens with one attached hydrogen (secondary N) is 1. The van der Waals surface area contributed by atoms with Gasteiger partial charge in [0.2, 0.25) is 5.91 Å². The van der Waals surface area contributed by atoms with Crippen molar-refractivity contribution in [1.29, 1.82) is 0 Å². The van der Waals surface area contributed by atoms with Crippen molar-refractivity contribution in [2.45, 2.75) is 13.1 Å². The van der Waals surface area contributed by atoms with Crippen LogP contribution in [0.15, 0.2) is 74.9 Å². The molecule has 4 rings (SSSR count). The van der Waals surface area contributed by atoms with Gasteiger partial charge in [-0.2, -0.15) is 0 Å². The fraction of sp³-hybridized carbons (Fsp3) is 0.0952. The van der Waals surface area contributed by atoms with Gasteiger partial charge < -0.3 is 9.73 Å². The van der Waals surface area contributed by atoms with Crippen LogP contribution in [0.5, 0.6) is 0 Å². The predicted molar refractivity (Wildman–Crippen MR) is 105 cm³/mol. The molecular weight excluding hydrogens is 396 g/mol. The summed E-state index contributed by atoms with van der Waals surface area (Å²) in [6, 6.07) is 12.6. The Morgan fingerprint density at radius 2 is 1.77 bits per heavy atom. The molecule has 0 aliphatic heterocycles. The van der Waals surface area contributed by atoms with Gasteiger partial charge >= 0.3 is 5.69 Å². The Hall–Kier alpha value is -4.01. The highest BCUT2D eigenvalue weighted by atomic mass is 19.2. The number of carbonyl (C=O) groups is 1. The lowest BCUT2D eigenvalue weighted by atomic mass is 10.2. The van der Waals surface area contributed by atoms with Crippen molar-refractivity contribution < 1.29 is 18.0 Å². The normalized spacial score (nSPS) is 11.0. The molecule has 0 saturated heterocycles. The fourth-order valence-electron chi connectivity index (χ4n) is 3.14. The van der Waals surface area contributed by atoms with E-state index in [-0.39, 0.29) is 23.1 Å². The second-order valence-electron chi connectivity index (χ2n) is 6.53. The van der Waals surface area contributed by atoms with Crippen LogP contribution in [0.2, 0.25) is 0 Å². The first-order valence-electron chi connectivity index (χ1n) is 8.93. The molecule has 0 radical (unpaired) electrons. The SMILES string of the molecule is O=C(Cn1c(=O)n(Cc2ccco2)c(=O)c2ccccc21)Nc1ccc(F)c(F)c1. The standard InChI is InChI=1S/C21H15F2N3O4/c22-16-8-7-13(10-17(16)23)24-19(27)12-25-18-6-2-1-5-15(18)20(28)26(21(25)29)11-14-4-3-9-30-14/h1-10H,11-12H2,(H,24,27). The summed E-state index contributed by atoms with van der Waals surface area (Å²) in [7, 11) is 0. The summed E-state index contributed by atoms with van der Waals surface area (Å²) in [5.74, 6) is -2.39. The van der Waals surface area contributed by atoms with Crippen molar-refractivity contribution >= 4 is 22.5 Å². The second-order valence-corrected chi connectivity index (χ2v) is 6.53. The molecule has 0 fully saturated rings. The predicted octanol–water partition coefficient (Wildman–Crippen LogP) is 2.72. The van der Waals surface area contributed by atoms with Crippen LogP contribution in [-0.2, 0) is 17.9 Å². The Kier molecular flexibility index (Phi) is 5.01. The third-order valence-electron chi connectivity index (χ3n) is 4.53. The summed E-state index contributed by atoms with van der Waals surface area (Å²) in [6.07, 6.45) is 1.43. The van der Waals surface area contributed by atoms with Crippen LogP contribution in [0.3, 0.4) is 0 Å². The monoisotopic (exact) mass is 411 g/mol. The van der Waals surface area contributed by atoms with Crippen molar-refractivity contribution in [3.8, 4) is 0 Å². The number of nitrogens with zero attached hydrogens (tertiary/aromatic N) is 2. The number of rotatable bonds is 5. The summed E-state index contributed by atoms with van der Waals surface area (Å²) >= 11 is 0. The number of fused-ring (bicyclic) bond motifs is 1. The Labute approximate surface area is 167 Å². The fourth-order valence-corrected chi connectivity index (χ4v) is 3.14. The maximum Gasteiger partial charge on any atom is 0.332 e. The van der Waals surface area contributed by atoms with E-state index in [1.165, 1.54) is 12.3 Å². The van der Waals surface area contributed by atoms with Gasteiger partial charge in [-0.15, -0.1) is 0 Å². The lowest BCUT2D eigenvalue weighted by Crippen LogP contribution is -2.42. The first-order chi connectivity index (χ1) is 14.4. The van der Waals surface area contributed by atoms with E-state index in [1.54, 1.807) is 36.4 Å². The summed E-state index contributed by atoms with van der Waals surface area (Å²) < 4.78 is 33.8. The van der Waals surface area contributed by atoms with E-state index in [1.807, 2.05) is 0 Å². The minimum Gasteiger partial charge on any atom is -0.467 e. The Morgan fingerprint density at radius 3 is 2.50 bits per heavy atom. The number of aromatic nitrogens is 2. The van der Waals surface area contributed by atoms with E-state index in [4.69, 9.17) is 4.42 Å². The number of amides is 1. The van der Waals surface area contributed by atoms with E-state index in [2.05, 4.69) is 5.32 Å². The maximum absolute atomic E-state index is 13.4. The Bertz CT molecular complexity index is 1360. The van der Waals surface area contributed by atoms with Gasteiger partial charge in [-0.05, 0) is 36.4 Å². The smallest absolute Gasteiger partial charge is 0.332 e. The van der Waals surface area contributed by atoms with Gasteiger partial charge in [0.25, 0.3) is 5.56 Å². The highest BCUT2D eigenvalue weighted by Crippen LogP contribution is 2.14. The van der Waals surface area contributed by atoms with Gasteiger partial charge in [-0.25, -0.2) is 13.6 Å². The minimum absolute atomic E-state index is 0.0418.